The molecular weight excluding hydrogens is 458 g/mol. The van der Waals surface area contributed by atoms with Gasteiger partial charge < -0.3 is 15.2 Å². The van der Waals surface area contributed by atoms with Crippen LogP contribution in [0.1, 0.15) is 46.4 Å². The predicted molar refractivity (Wildman–Crippen MR) is 114 cm³/mol. The van der Waals surface area contributed by atoms with Crippen molar-refractivity contribution in [1.82, 2.24) is 24.7 Å². The molecule has 0 spiro atoms. The van der Waals surface area contributed by atoms with Crippen LogP contribution in [0.25, 0.3) is 5.65 Å². The highest BCUT2D eigenvalue weighted by Gasteiger charge is 2.61. The minimum Gasteiger partial charge on any atom is -0.464 e. The van der Waals surface area contributed by atoms with Crippen molar-refractivity contribution in [2.75, 3.05) is 18.9 Å². The third kappa shape index (κ3) is 4.60. The maximum absolute atomic E-state index is 16.0. The summed E-state index contributed by atoms with van der Waals surface area (Å²) in [6.45, 7) is 8.46. The summed E-state index contributed by atoms with van der Waals surface area (Å²) in [6, 6.07) is -1.00. The van der Waals surface area contributed by atoms with Crippen LogP contribution >= 0.6 is 7.75 Å². The number of nitrogen functional groups attached to an aromatic ring is 1. The van der Waals surface area contributed by atoms with E-state index in [9.17, 15) is 9.36 Å². The summed E-state index contributed by atoms with van der Waals surface area (Å²) in [7, 11) is -4.04. The van der Waals surface area contributed by atoms with Gasteiger partial charge in [-0.25, -0.2) is 28.5 Å². The van der Waals surface area contributed by atoms with Gasteiger partial charge in [0.05, 0.1) is 25.1 Å². The number of nitrogens with one attached hydrogen (secondary N) is 1. The number of anilines is 1. The zero-order valence-corrected chi connectivity index (χ0v) is 19.9. The molecule has 2 saturated heterocycles. The van der Waals surface area contributed by atoms with Crippen LogP contribution in [-0.2, 0) is 27.9 Å². The molecule has 33 heavy (non-hydrogen) atoms. The zero-order valence-electron chi connectivity index (χ0n) is 19.0. The maximum Gasteiger partial charge on any atom is 0.406 e. The number of halogens is 1. The third-order valence-electron chi connectivity index (χ3n) is 5.36. The summed E-state index contributed by atoms with van der Waals surface area (Å²) in [5.41, 5.74) is 4.00. The summed E-state index contributed by atoms with van der Waals surface area (Å²) in [4.78, 5) is 20.3. The van der Waals surface area contributed by atoms with E-state index in [2.05, 4.69) is 20.2 Å². The van der Waals surface area contributed by atoms with Crippen LogP contribution in [0.5, 0.6) is 0 Å². The number of imidazole rings is 1. The zero-order chi connectivity index (χ0) is 24.2. The number of nitrogens with zero attached hydrogens (tertiary/aromatic N) is 4. The minimum absolute atomic E-state index is 0.132. The lowest BCUT2D eigenvalue weighted by Gasteiger charge is -2.35. The molecule has 0 amide bonds. The van der Waals surface area contributed by atoms with E-state index in [0.717, 1.165) is 0 Å². The number of hydrogen-bond acceptors (Lipinski definition) is 10. The Morgan fingerprint density at radius 3 is 2.91 bits per heavy atom. The van der Waals surface area contributed by atoms with Gasteiger partial charge >= 0.3 is 13.7 Å². The van der Waals surface area contributed by atoms with Crippen molar-refractivity contribution in [2.24, 2.45) is 5.41 Å². The van der Waals surface area contributed by atoms with Gasteiger partial charge in [0, 0.05) is 0 Å². The fourth-order valence-electron chi connectivity index (χ4n) is 3.70. The second-order valence-corrected chi connectivity index (χ2v) is 11.3. The van der Waals surface area contributed by atoms with Crippen LogP contribution in [0.2, 0.25) is 0 Å². The highest BCUT2D eigenvalue weighted by molar-refractivity contribution is 7.51. The molecule has 4 rings (SSSR count). The molecule has 0 radical (unpaired) electrons. The van der Waals surface area contributed by atoms with Crippen molar-refractivity contribution in [2.45, 2.75) is 64.6 Å². The topological polar surface area (TPSA) is 152 Å². The number of rotatable bonds is 5. The Labute approximate surface area is 189 Å². The molecule has 3 N–H and O–H groups in total. The fraction of sp³-hybridized carbons (Fsp3) is 0.684. The molecule has 0 saturated carbocycles. The molecule has 0 aromatic carbocycles. The number of alkyl halides is 1. The summed E-state index contributed by atoms with van der Waals surface area (Å²) >= 11 is 0. The Morgan fingerprint density at radius 2 is 2.21 bits per heavy atom. The predicted octanol–water partition coefficient (Wildman–Crippen LogP) is 1.97. The van der Waals surface area contributed by atoms with Crippen LogP contribution in [0, 0.1) is 5.41 Å². The van der Waals surface area contributed by atoms with E-state index in [1.54, 1.807) is 0 Å². The van der Waals surface area contributed by atoms with Crippen LogP contribution in [0.3, 0.4) is 0 Å². The Morgan fingerprint density at radius 1 is 1.48 bits per heavy atom. The van der Waals surface area contributed by atoms with E-state index in [-0.39, 0.29) is 30.1 Å². The van der Waals surface area contributed by atoms with Gasteiger partial charge in [-0.15, -0.1) is 0 Å². The van der Waals surface area contributed by atoms with E-state index < -0.39 is 43.7 Å². The normalized spacial score (nSPS) is 33.1. The molecule has 2 aliphatic heterocycles. The lowest BCUT2D eigenvalue weighted by atomic mass is 9.93. The Balaban J connectivity index is 1.50. The Hall–Kier alpha value is -2.18. The standard InChI is InChI=1S/C19H28FN6O6P/c1-10(17(27)29-8-18(2,3)4)25-33(28)30-7-12-14(32-33)19(5,20)13(31-12)11-6-22-16-15(21)23-9-24-26(11)16/h6,9-10,12-14H,7-8H2,1-5H3,(H,25,28)(H2,21,23,24)/t10-,12+,13-,14+,19-,33?/m0/s1. The van der Waals surface area contributed by atoms with Crippen molar-refractivity contribution in [3.8, 4) is 0 Å². The van der Waals surface area contributed by atoms with Crippen LogP contribution in [0.15, 0.2) is 12.5 Å². The summed E-state index contributed by atoms with van der Waals surface area (Å²) in [6.07, 6.45) is -0.616. The molecule has 1 unspecified atom stereocenters. The molecule has 14 heteroatoms. The lowest BCUT2D eigenvalue weighted by molar-refractivity contribution is -0.148. The van der Waals surface area contributed by atoms with Gasteiger partial charge in [0.25, 0.3) is 0 Å². The monoisotopic (exact) mass is 486 g/mol. The number of nitrogens with two attached hydrogens (primary N) is 1. The highest BCUT2D eigenvalue weighted by Crippen LogP contribution is 2.57. The number of carbonyl (C=O) groups is 1. The second kappa shape index (κ2) is 8.24. The first-order valence-corrected chi connectivity index (χ1v) is 12.0. The minimum atomic E-state index is -4.04. The van der Waals surface area contributed by atoms with Gasteiger partial charge in [0.2, 0.25) is 0 Å². The Bertz CT molecular complexity index is 1100. The van der Waals surface area contributed by atoms with E-state index >= 15 is 4.39 Å². The molecule has 0 bridgehead atoms. The van der Waals surface area contributed by atoms with Crippen LogP contribution in [-0.4, -0.2) is 62.7 Å². The molecule has 4 heterocycles. The number of fused-ring (bicyclic) bond motifs is 2. The molecular formula is C19H28FN6O6P. The second-order valence-electron chi connectivity index (χ2n) is 9.61. The molecule has 2 aromatic rings. The van der Waals surface area contributed by atoms with Gasteiger partial charge in [-0.2, -0.15) is 5.10 Å². The number of hydrogen-bond donors (Lipinski definition) is 2. The lowest BCUT2D eigenvalue weighted by Crippen LogP contribution is -2.47. The van der Waals surface area contributed by atoms with Crippen molar-refractivity contribution in [1.29, 1.82) is 0 Å². The molecule has 12 nitrogen and oxygen atoms in total. The van der Waals surface area contributed by atoms with Gasteiger partial charge in [-0.3, -0.25) is 13.8 Å². The van der Waals surface area contributed by atoms with Crippen molar-refractivity contribution < 1.29 is 32.3 Å². The molecule has 2 aliphatic rings. The van der Waals surface area contributed by atoms with E-state index in [1.165, 1.54) is 30.9 Å². The SMILES string of the molecule is C[C@H](NP1(=O)OC[C@H]2O[C@@H](c3cnc4c(N)ncnn34)[C@](C)(F)[C@@H]2O1)C(=O)OCC(C)(C)C. The average Bonchev–Trinajstić information content (AvgIpc) is 3.25. The maximum atomic E-state index is 16.0. The number of ether oxygens (including phenoxy) is 2. The number of carbonyl (C=O) groups excluding carboxylic acids is 1. The fourth-order valence-corrected chi connectivity index (χ4v) is 5.46. The van der Waals surface area contributed by atoms with Crippen LogP contribution in [0.4, 0.5) is 10.2 Å². The summed E-state index contributed by atoms with van der Waals surface area (Å²) in [5.74, 6) is -0.492. The Kier molecular flexibility index (Phi) is 5.98. The third-order valence-corrected chi connectivity index (χ3v) is 7.05. The van der Waals surface area contributed by atoms with Crippen molar-refractivity contribution >= 4 is 25.2 Å². The van der Waals surface area contributed by atoms with Gasteiger partial charge in [-0.05, 0) is 19.3 Å². The van der Waals surface area contributed by atoms with Gasteiger partial charge in [0.1, 0.15) is 30.7 Å². The van der Waals surface area contributed by atoms with Crippen LogP contribution < -0.4 is 10.8 Å². The molecule has 2 aromatic heterocycles. The average molecular weight is 486 g/mol. The van der Waals surface area contributed by atoms with E-state index in [0.29, 0.717) is 5.69 Å². The van der Waals surface area contributed by atoms with Crippen molar-refractivity contribution in [3.63, 3.8) is 0 Å². The first-order chi connectivity index (χ1) is 15.3. The number of aromatic nitrogens is 4. The van der Waals surface area contributed by atoms with Gasteiger partial charge in [-0.1, -0.05) is 20.8 Å². The molecule has 2 fully saturated rings. The molecule has 0 aliphatic carbocycles. The van der Waals surface area contributed by atoms with E-state index in [1.807, 2.05) is 20.8 Å². The number of esters is 1. The summed E-state index contributed by atoms with van der Waals surface area (Å²) in [5, 5.41) is 6.61. The largest absolute Gasteiger partial charge is 0.464 e. The smallest absolute Gasteiger partial charge is 0.406 e. The van der Waals surface area contributed by atoms with Gasteiger partial charge in [0.15, 0.2) is 17.1 Å². The first kappa shape index (κ1) is 24.0. The van der Waals surface area contributed by atoms with E-state index in [4.69, 9.17) is 24.3 Å². The molecule has 182 valence electrons. The van der Waals surface area contributed by atoms with Crippen molar-refractivity contribution in [3.05, 3.63) is 18.2 Å². The quantitative estimate of drug-likeness (QED) is 0.471. The first-order valence-electron chi connectivity index (χ1n) is 10.5. The summed E-state index contributed by atoms with van der Waals surface area (Å²) < 4.78 is 52.6. The highest BCUT2D eigenvalue weighted by atomic mass is 31.2. The molecule has 6 atom stereocenters.